The second-order valence-corrected chi connectivity index (χ2v) is 5.32. The van der Waals surface area contributed by atoms with Gasteiger partial charge in [0.05, 0.1) is 0 Å². The number of rotatable bonds is 5. The van der Waals surface area contributed by atoms with Gasteiger partial charge in [0.1, 0.15) is 0 Å². The maximum Gasteiger partial charge on any atom is 0.0303 e. The van der Waals surface area contributed by atoms with E-state index in [2.05, 4.69) is 45.0 Å². The maximum atomic E-state index is 6.09. The molecule has 0 aliphatic rings. The SMILES string of the molecule is CC[C@@H](N)c1ccccc1SCC(C)C. The molecule has 0 heterocycles. The molecular formula is C13H21NS. The van der Waals surface area contributed by atoms with Gasteiger partial charge in [-0.3, -0.25) is 0 Å². The predicted octanol–water partition coefficient (Wildman–Crippen LogP) is 3.84. The number of hydrogen-bond acceptors (Lipinski definition) is 2. The Morgan fingerprint density at radius 2 is 1.93 bits per heavy atom. The molecule has 0 saturated heterocycles. The summed E-state index contributed by atoms with van der Waals surface area (Å²) in [6.45, 7) is 6.62. The lowest BCUT2D eigenvalue weighted by atomic mass is 10.1. The van der Waals surface area contributed by atoms with Crippen molar-refractivity contribution in [3.63, 3.8) is 0 Å². The van der Waals surface area contributed by atoms with E-state index in [0.29, 0.717) is 0 Å². The molecule has 0 amide bonds. The third-order valence-electron chi connectivity index (χ3n) is 2.33. The summed E-state index contributed by atoms with van der Waals surface area (Å²) >= 11 is 1.92. The highest BCUT2D eigenvalue weighted by molar-refractivity contribution is 7.99. The van der Waals surface area contributed by atoms with Gasteiger partial charge in [0, 0.05) is 16.7 Å². The van der Waals surface area contributed by atoms with E-state index in [1.807, 2.05) is 11.8 Å². The molecule has 0 fully saturated rings. The van der Waals surface area contributed by atoms with Gasteiger partial charge in [0.2, 0.25) is 0 Å². The van der Waals surface area contributed by atoms with Gasteiger partial charge in [-0.25, -0.2) is 0 Å². The van der Waals surface area contributed by atoms with Crippen LogP contribution in [0.2, 0.25) is 0 Å². The number of benzene rings is 1. The van der Waals surface area contributed by atoms with Crippen LogP contribution in [0.1, 0.15) is 38.8 Å². The zero-order chi connectivity index (χ0) is 11.3. The largest absolute Gasteiger partial charge is 0.324 e. The van der Waals surface area contributed by atoms with Crippen molar-refractivity contribution in [2.45, 2.75) is 38.1 Å². The van der Waals surface area contributed by atoms with Crippen LogP contribution in [0.4, 0.5) is 0 Å². The summed E-state index contributed by atoms with van der Waals surface area (Å²) in [5, 5.41) is 0. The Morgan fingerprint density at radius 3 is 2.53 bits per heavy atom. The highest BCUT2D eigenvalue weighted by atomic mass is 32.2. The molecule has 1 rings (SSSR count). The predicted molar refractivity (Wildman–Crippen MR) is 69.2 cm³/mol. The Kier molecular flexibility index (Phi) is 5.20. The molecule has 0 saturated carbocycles. The van der Waals surface area contributed by atoms with Crippen LogP contribution in [-0.2, 0) is 0 Å². The van der Waals surface area contributed by atoms with E-state index in [4.69, 9.17) is 5.73 Å². The van der Waals surface area contributed by atoms with E-state index in [1.54, 1.807) is 0 Å². The van der Waals surface area contributed by atoms with E-state index in [0.717, 1.165) is 18.1 Å². The quantitative estimate of drug-likeness (QED) is 0.767. The molecule has 1 nitrogen and oxygen atoms in total. The average molecular weight is 223 g/mol. The van der Waals surface area contributed by atoms with Crippen LogP contribution in [0.25, 0.3) is 0 Å². The average Bonchev–Trinajstić information content (AvgIpc) is 2.25. The number of thioether (sulfide) groups is 1. The summed E-state index contributed by atoms with van der Waals surface area (Å²) in [5.41, 5.74) is 7.39. The minimum absolute atomic E-state index is 0.181. The first-order valence-electron chi connectivity index (χ1n) is 5.62. The van der Waals surface area contributed by atoms with Crippen LogP contribution in [0.5, 0.6) is 0 Å². The lowest BCUT2D eigenvalue weighted by molar-refractivity contribution is 0.684. The normalized spacial score (nSPS) is 13.1. The van der Waals surface area contributed by atoms with Crippen LogP contribution in [0.3, 0.4) is 0 Å². The molecule has 15 heavy (non-hydrogen) atoms. The second-order valence-electron chi connectivity index (χ2n) is 4.26. The fraction of sp³-hybridized carbons (Fsp3) is 0.538. The lowest BCUT2D eigenvalue weighted by Gasteiger charge is -2.15. The minimum Gasteiger partial charge on any atom is -0.324 e. The highest BCUT2D eigenvalue weighted by Crippen LogP contribution is 2.28. The summed E-state index contributed by atoms with van der Waals surface area (Å²) in [6.07, 6.45) is 0.999. The van der Waals surface area contributed by atoms with Crippen molar-refractivity contribution in [3.8, 4) is 0 Å². The van der Waals surface area contributed by atoms with Crippen molar-refractivity contribution < 1.29 is 0 Å². The van der Waals surface area contributed by atoms with Crippen LogP contribution >= 0.6 is 11.8 Å². The molecule has 1 aromatic carbocycles. The molecule has 0 aromatic heterocycles. The molecule has 1 atom stereocenters. The smallest absolute Gasteiger partial charge is 0.0303 e. The first kappa shape index (κ1) is 12.6. The topological polar surface area (TPSA) is 26.0 Å². The van der Waals surface area contributed by atoms with Gasteiger partial charge in [-0.2, -0.15) is 0 Å². The van der Waals surface area contributed by atoms with E-state index in [1.165, 1.54) is 10.5 Å². The van der Waals surface area contributed by atoms with Gasteiger partial charge in [-0.15, -0.1) is 11.8 Å². The third-order valence-corrected chi connectivity index (χ3v) is 3.85. The van der Waals surface area contributed by atoms with E-state index < -0.39 is 0 Å². The van der Waals surface area contributed by atoms with Crippen molar-refractivity contribution in [1.82, 2.24) is 0 Å². The number of nitrogens with two attached hydrogens (primary N) is 1. The van der Waals surface area contributed by atoms with E-state index >= 15 is 0 Å². The first-order chi connectivity index (χ1) is 7.15. The van der Waals surface area contributed by atoms with Crippen molar-refractivity contribution in [3.05, 3.63) is 29.8 Å². The third kappa shape index (κ3) is 3.88. The van der Waals surface area contributed by atoms with Crippen LogP contribution < -0.4 is 5.73 Å². The lowest BCUT2D eigenvalue weighted by Crippen LogP contribution is -2.09. The zero-order valence-corrected chi connectivity index (χ0v) is 10.7. The molecule has 1 aromatic rings. The van der Waals surface area contributed by atoms with E-state index in [9.17, 15) is 0 Å². The maximum absolute atomic E-state index is 6.09. The van der Waals surface area contributed by atoms with E-state index in [-0.39, 0.29) is 6.04 Å². The van der Waals surface area contributed by atoms with Gasteiger partial charge in [0.25, 0.3) is 0 Å². The van der Waals surface area contributed by atoms with Gasteiger partial charge in [0.15, 0.2) is 0 Å². The van der Waals surface area contributed by atoms with Crippen molar-refractivity contribution >= 4 is 11.8 Å². The first-order valence-corrected chi connectivity index (χ1v) is 6.61. The molecule has 0 radical (unpaired) electrons. The Morgan fingerprint density at radius 1 is 1.27 bits per heavy atom. The summed E-state index contributed by atoms with van der Waals surface area (Å²) < 4.78 is 0. The Labute approximate surface area is 97.4 Å². The summed E-state index contributed by atoms with van der Waals surface area (Å²) in [4.78, 5) is 1.35. The molecule has 0 aliphatic carbocycles. The Hall–Kier alpha value is -0.470. The minimum atomic E-state index is 0.181. The van der Waals surface area contributed by atoms with Gasteiger partial charge in [-0.1, -0.05) is 39.0 Å². The van der Waals surface area contributed by atoms with Gasteiger partial charge < -0.3 is 5.73 Å². The van der Waals surface area contributed by atoms with Crippen molar-refractivity contribution in [1.29, 1.82) is 0 Å². The van der Waals surface area contributed by atoms with Crippen LogP contribution in [0, 0.1) is 5.92 Å². The summed E-state index contributed by atoms with van der Waals surface area (Å²) in [5.74, 6) is 1.88. The number of hydrogen-bond donors (Lipinski definition) is 1. The molecule has 2 heteroatoms. The molecule has 0 unspecified atom stereocenters. The molecule has 0 bridgehead atoms. The fourth-order valence-electron chi connectivity index (χ4n) is 1.39. The molecule has 0 spiro atoms. The second kappa shape index (κ2) is 6.19. The molecule has 84 valence electrons. The van der Waals surface area contributed by atoms with Crippen LogP contribution in [0.15, 0.2) is 29.2 Å². The molecule has 2 N–H and O–H groups in total. The van der Waals surface area contributed by atoms with Crippen molar-refractivity contribution in [2.24, 2.45) is 11.7 Å². The van der Waals surface area contributed by atoms with Gasteiger partial charge in [-0.05, 0) is 24.0 Å². The summed E-state index contributed by atoms with van der Waals surface area (Å²) in [6, 6.07) is 8.67. The van der Waals surface area contributed by atoms with Crippen molar-refractivity contribution in [2.75, 3.05) is 5.75 Å². The Balaban J connectivity index is 2.77. The standard InChI is InChI=1S/C13H21NS/c1-4-12(14)11-7-5-6-8-13(11)15-9-10(2)3/h5-8,10,12H,4,9,14H2,1-3H3/t12-/m1/s1. The monoisotopic (exact) mass is 223 g/mol. The van der Waals surface area contributed by atoms with Crippen LogP contribution in [-0.4, -0.2) is 5.75 Å². The van der Waals surface area contributed by atoms with Gasteiger partial charge >= 0.3 is 0 Å². The highest BCUT2D eigenvalue weighted by Gasteiger charge is 2.09. The molecular weight excluding hydrogens is 202 g/mol. The molecule has 0 aliphatic heterocycles. The zero-order valence-electron chi connectivity index (χ0n) is 9.86. The summed E-state index contributed by atoms with van der Waals surface area (Å²) in [7, 11) is 0. The fourth-order valence-corrected chi connectivity index (χ4v) is 2.47. The Bertz CT molecular complexity index is 296.